The number of nitrogens with two attached hydrogens (primary N) is 1. The number of aryl methyl sites for hydroxylation is 1. The van der Waals surface area contributed by atoms with E-state index >= 15 is 0 Å². The predicted molar refractivity (Wildman–Crippen MR) is 103 cm³/mol. The number of nitrogens with zero attached hydrogens (tertiary/aromatic N) is 1. The molecule has 0 radical (unpaired) electrons. The fraction of sp³-hybridized carbons (Fsp3) is 0.353. The number of benzene rings is 1. The topological polar surface area (TPSA) is 71.2 Å². The third-order valence-corrected chi connectivity index (χ3v) is 3.30. The van der Waals surface area contributed by atoms with E-state index in [9.17, 15) is 5.11 Å². The lowest BCUT2D eigenvalue weighted by Crippen LogP contribution is -2.26. The first-order valence-corrected chi connectivity index (χ1v) is 6.87. The number of aromatic nitrogens is 1. The Balaban J connectivity index is 0. The van der Waals surface area contributed by atoms with Crippen LogP contribution < -0.4 is 11.1 Å². The molecule has 4 nitrogen and oxygen atoms in total. The largest absolute Gasteiger partial charge is 0.506 e. The van der Waals surface area contributed by atoms with E-state index in [0.29, 0.717) is 24.1 Å². The van der Waals surface area contributed by atoms with Gasteiger partial charge in [-0.25, -0.2) is 4.98 Å². The van der Waals surface area contributed by atoms with Gasteiger partial charge >= 0.3 is 0 Å². The summed E-state index contributed by atoms with van der Waals surface area (Å²) in [7, 11) is 0. The zero-order valence-electron chi connectivity index (χ0n) is 12.5. The number of nitrogen functional groups attached to an aromatic ring is 1. The van der Waals surface area contributed by atoms with Crippen molar-refractivity contribution in [2.24, 2.45) is 0 Å². The Bertz CT molecular complexity index is 553. The van der Waals surface area contributed by atoms with Gasteiger partial charge in [0.2, 0.25) is 0 Å². The summed E-state index contributed by atoms with van der Waals surface area (Å²) >= 11 is 0. The van der Waals surface area contributed by atoms with Crippen LogP contribution in [-0.4, -0.2) is 16.1 Å². The summed E-state index contributed by atoms with van der Waals surface area (Å²) < 4.78 is 0. The first-order chi connectivity index (χ1) is 9.65. The van der Waals surface area contributed by atoms with Crippen LogP contribution in [0.5, 0.6) is 5.75 Å². The Morgan fingerprint density at radius 3 is 2.43 bits per heavy atom. The van der Waals surface area contributed by atoms with Gasteiger partial charge in [-0.05, 0) is 37.5 Å². The smallest absolute Gasteiger partial charge is 0.138 e. The minimum absolute atomic E-state index is 0. The number of hydrogen-bond donors (Lipinski definition) is 3. The lowest BCUT2D eigenvalue weighted by atomic mass is 10.1. The highest BCUT2D eigenvalue weighted by atomic mass is 35.5. The Labute approximate surface area is 151 Å². The SMILES string of the molecule is C.CC(CCc1ccccc1)NCc1nc(N)ccc1O.Cl.Cl. The molecule has 1 heterocycles. The second-order valence-electron chi connectivity index (χ2n) is 5.01. The van der Waals surface area contributed by atoms with E-state index in [0.717, 1.165) is 12.8 Å². The average molecular weight is 360 g/mol. The highest BCUT2D eigenvalue weighted by molar-refractivity contribution is 5.85. The second-order valence-corrected chi connectivity index (χ2v) is 5.01. The number of pyridine rings is 1. The molecule has 130 valence electrons. The van der Waals surface area contributed by atoms with Gasteiger partial charge in [0, 0.05) is 12.6 Å². The first-order valence-electron chi connectivity index (χ1n) is 6.87. The normalized spacial score (nSPS) is 10.7. The Hall–Kier alpha value is -1.49. The summed E-state index contributed by atoms with van der Waals surface area (Å²) in [5, 5.41) is 13.1. The maximum absolute atomic E-state index is 9.70. The van der Waals surface area contributed by atoms with Crippen molar-refractivity contribution in [3.63, 3.8) is 0 Å². The third-order valence-electron chi connectivity index (χ3n) is 3.30. The molecule has 2 aromatic rings. The Morgan fingerprint density at radius 1 is 1.13 bits per heavy atom. The van der Waals surface area contributed by atoms with E-state index in [1.807, 2.05) is 6.07 Å². The van der Waals surface area contributed by atoms with Gasteiger partial charge in [-0.3, -0.25) is 0 Å². The van der Waals surface area contributed by atoms with Crippen LogP contribution >= 0.6 is 24.8 Å². The maximum Gasteiger partial charge on any atom is 0.138 e. The van der Waals surface area contributed by atoms with Crippen LogP contribution in [0, 0.1) is 0 Å². The summed E-state index contributed by atoms with van der Waals surface area (Å²) in [6.07, 6.45) is 2.07. The van der Waals surface area contributed by atoms with Crippen LogP contribution in [-0.2, 0) is 13.0 Å². The number of rotatable bonds is 6. The molecular formula is C17H27Cl2N3O. The van der Waals surface area contributed by atoms with Gasteiger partial charge in [0.05, 0.1) is 5.69 Å². The molecule has 6 heteroatoms. The van der Waals surface area contributed by atoms with E-state index in [1.165, 1.54) is 5.56 Å². The molecule has 1 aromatic heterocycles. The number of nitrogens with one attached hydrogen (secondary N) is 1. The minimum Gasteiger partial charge on any atom is -0.506 e. The van der Waals surface area contributed by atoms with Crippen LogP contribution in [0.3, 0.4) is 0 Å². The van der Waals surface area contributed by atoms with E-state index < -0.39 is 0 Å². The summed E-state index contributed by atoms with van der Waals surface area (Å²) in [5.74, 6) is 0.610. The Morgan fingerprint density at radius 2 is 1.78 bits per heavy atom. The van der Waals surface area contributed by atoms with Crippen molar-refractivity contribution >= 4 is 30.6 Å². The highest BCUT2D eigenvalue weighted by Crippen LogP contribution is 2.16. The first kappa shape index (κ1) is 23.8. The maximum atomic E-state index is 9.70. The zero-order valence-corrected chi connectivity index (χ0v) is 14.2. The lowest BCUT2D eigenvalue weighted by molar-refractivity contribution is 0.449. The van der Waals surface area contributed by atoms with Gasteiger partial charge in [0.25, 0.3) is 0 Å². The number of halogens is 2. The molecule has 1 aromatic carbocycles. The highest BCUT2D eigenvalue weighted by Gasteiger charge is 2.06. The van der Waals surface area contributed by atoms with Crippen molar-refractivity contribution in [2.75, 3.05) is 5.73 Å². The van der Waals surface area contributed by atoms with Crippen LogP contribution in [0.15, 0.2) is 42.5 Å². The van der Waals surface area contributed by atoms with Crippen LogP contribution in [0.25, 0.3) is 0 Å². The third kappa shape index (κ3) is 8.07. The molecule has 23 heavy (non-hydrogen) atoms. The molecule has 0 saturated heterocycles. The van der Waals surface area contributed by atoms with Gasteiger partial charge < -0.3 is 16.2 Å². The second kappa shape index (κ2) is 12.0. The molecule has 0 aliphatic rings. The van der Waals surface area contributed by atoms with Crippen LogP contribution in [0.1, 0.15) is 32.0 Å². The van der Waals surface area contributed by atoms with Gasteiger partial charge in [-0.2, -0.15) is 0 Å². The number of anilines is 1. The van der Waals surface area contributed by atoms with E-state index in [4.69, 9.17) is 5.73 Å². The average Bonchev–Trinajstić information content (AvgIpc) is 2.47. The molecule has 2 rings (SSSR count). The summed E-state index contributed by atoms with van der Waals surface area (Å²) in [6, 6.07) is 13.9. The predicted octanol–water partition coefficient (Wildman–Crippen LogP) is 3.96. The fourth-order valence-electron chi connectivity index (χ4n) is 2.04. The quantitative estimate of drug-likeness (QED) is 0.729. The van der Waals surface area contributed by atoms with Crippen LogP contribution in [0.4, 0.5) is 5.82 Å². The summed E-state index contributed by atoms with van der Waals surface area (Å²) in [5.41, 5.74) is 7.55. The molecule has 0 amide bonds. The van der Waals surface area contributed by atoms with Crippen molar-refractivity contribution in [2.45, 2.75) is 39.8 Å². The van der Waals surface area contributed by atoms with Crippen molar-refractivity contribution in [1.82, 2.24) is 10.3 Å². The van der Waals surface area contributed by atoms with Crippen molar-refractivity contribution < 1.29 is 5.11 Å². The van der Waals surface area contributed by atoms with Gasteiger partial charge in [0.1, 0.15) is 11.6 Å². The fourth-order valence-corrected chi connectivity index (χ4v) is 2.04. The Kier molecular flexibility index (Phi) is 12.4. The zero-order chi connectivity index (χ0) is 14.4. The lowest BCUT2D eigenvalue weighted by Gasteiger charge is -2.14. The van der Waals surface area contributed by atoms with Crippen LogP contribution in [0.2, 0.25) is 0 Å². The van der Waals surface area contributed by atoms with E-state index in [-0.39, 0.29) is 38.0 Å². The molecule has 1 atom stereocenters. The van der Waals surface area contributed by atoms with Crippen molar-refractivity contribution in [3.8, 4) is 5.75 Å². The molecular weight excluding hydrogens is 333 g/mol. The molecule has 0 spiro atoms. The standard InChI is InChI=1S/C16H21N3O.CH4.2ClH/c1-12(7-8-13-5-3-2-4-6-13)18-11-14-15(20)9-10-16(17)19-14;;;/h2-6,9-10,12,18,20H,7-8,11H2,1H3,(H2,17,19);1H4;2*1H. The van der Waals surface area contributed by atoms with E-state index in [1.54, 1.807) is 12.1 Å². The van der Waals surface area contributed by atoms with E-state index in [2.05, 4.69) is 41.5 Å². The molecule has 1 unspecified atom stereocenters. The summed E-state index contributed by atoms with van der Waals surface area (Å²) in [4.78, 5) is 4.13. The number of hydrogen-bond acceptors (Lipinski definition) is 4. The number of aromatic hydroxyl groups is 1. The molecule has 0 bridgehead atoms. The summed E-state index contributed by atoms with van der Waals surface area (Å²) in [6.45, 7) is 2.65. The van der Waals surface area contributed by atoms with Crippen molar-refractivity contribution in [1.29, 1.82) is 0 Å². The monoisotopic (exact) mass is 359 g/mol. The van der Waals surface area contributed by atoms with Gasteiger partial charge in [-0.1, -0.05) is 37.8 Å². The van der Waals surface area contributed by atoms with Gasteiger partial charge in [-0.15, -0.1) is 24.8 Å². The molecule has 0 aliphatic heterocycles. The molecule has 0 fully saturated rings. The van der Waals surface area contributed by atoms with Gasteiger partial charge in [0.15, 0.2) is 0 Å². The van der Waals surface area contributed by atoms with Crippen molar-refractivity contribution in [3.05, 3.63) is 53.7 Å². The molecule has 4 N–H and O–H groups in total. The molecule has 0 saturated carbocycles. The minimum atomic E-state index is 0. The molecule has 0 aliphatic carbocycles.